The number of amides is 1. The van der Waals surface area contributed by atoms with E-state index in [4.69, 9.17) is 0 Å². The van der Waals surface area contributed by atoms with Gasteiger partial charge in [-0.25, -0.2) is 10.1 Å². The van der Waals surface area contributed by atoms with Gasteiger partial charge in [-0.05, 0) is 24.3 Å². The molecule has 4 rings (SSSR count). The molecule has 1 amide bonds. The zero-order valence-corrected chi connectivity index (χ0v) is 15.4. The van der Waals surface area contributed by atoms with E-state index >= 15 is 0 Å². The van der Waals surface area contributed by atoms with Crippen molar-refractivity contribution in [3.8, 4) is 16.9 Å². The summed E-state index contributed by atoms with van der Waals surface area (Å²) in [4.78, 5) is 12.8. The summed E-state index contributed by atoms with van der Waals surface area (Å²) in [6.45, 7) is 0. The standard InChI is InChI=1S/C22H19N5O/c1-26-14-8-13-19(26)15-23-24-22(28)20-16-27(18-11-6-3-7-12-18)25-21(20)17-9-4-2-5-10-17/h2-16H,1H3,(H,24,28)/b23-15+. The van der Waals surface area contributed by atoms with Crippen LogP contribution in [0.3, 0.4) is 0 Å². The third kappa shape index (κ3) is 3.61. The molecule has 0 aliphatic carbocycles. The predicted molar refractivity (Wildman–Crippen MR) is 109 cm³/mol. The van der Waals surface area contributed by atoms with Crippen molar-refractivity contribution in [2.24, 2.45) is 12.1 Å². The summed E-state index contributed by atoms with van der Waals surface area (Å²) in [5, 5.41) is 8.73. The van der Waals surface area contributed by atoms with Crippen LogP contribution in [0.4, 0.5) is 0 Å². The van der Waals surface area contributed by atoms with E-state index in [9.17, 15) is 4.79 Å². The van der Waals surface area contributed by atoms with Crippen LogP contribution in [0.2, 0.25) is 0 Å². The van der Waals surface area contributed by atoms with Crippen molar-refractivity contribution in [2.75, 3.05) is 0 Å². The Balaban J connectivity index is 1.66. The molecule has 2 heterocycles. The van der Waals surface area contributed by atoms with Crippen LogP contribution in [0, 0.1) is 0 Å². The highest BCUT2D eigenvalue weighted by Gasteiger charge is 2.18. The van der Waals surface area contributed by atoms with Crippen molar-refractivity contribution >= 4 is 12.1 Å². The Hall–Kier alpha value is -3.93. The van der Waals surface area contributed by atoms with E-state index in [1.54, 1.807) is 17.1 Å². The fraction of sp³-hybridized carbons (Fsp3) is 0.0455. The molecule has 0 bridgehead atoms. The Morgan fingerprint density at radius 2 is 1.71 bits per heavy atom. The summed E-state index contributed by atoms with van der Waals surface area (Å²) in [7, 11) is 1.92. The van der Waals surface area contributed by atoms with E-state index in [-0.39, 0.29) is 5.91 Å². The highest BCUT2D eigenvalue weighted by molar-refractivity contribution is 6.00. The first kappa shape index (κ1) is 17.5. The number of aryl methyl sites for hydroxylation is 1. The summed E-state index contributed by atoms with van der Waals surface area (Å²) in [6, 6.07) is 23.2. The van der Waals surface area contributed by atoms with Crippen LogP contribution in [-0.4, -0.2) is 26.5 Å². The fourth-order valence-corrected chi connectivity index (χ4v) is 2.89. The van der Waals surface area contributed by atoms with Crippen LogP contribution in [0.5, 0.6) is 0 Å². The highest BCUT2D eigenvalue weighted by Crippen LogP contribution is 2.23. The van der Waals surface area contributed by atoms with Crippen molar-refractivity contribution in [1.82, 2.24) is 19.8 Å². The molecule has 0 atom stereocenters. The maximum atomic E-state index is 12.8. The fourth-order valence-electron chi connectivity index (χ4n) is 2.89. The maximum Gasteiger partial charge on any atom is 0.275 e. The van der Waals surface area contributed by atoms with Crippen molar-refractivity contribution in [3.63, 3.8) is 0 Å². The lowest BCUT2D eigenvalue weighted by Gasteiger charge is -2.01. The molecule has 4 aromatic rings. The molecule has 0 fully saturated rings. The van der Waals surface area contributed by atoms with E-state index < -0.39 is 0 Å². The van der Waals surface area contributed by atoms with Crippen LogP contribution >= 0.6 is 0 Å². The number of aromatic nitrogens is 3. The summed E-state index contributed by atoms with van der Waals surface area (Å²) < 4.78 is 3.62. The Labute approximate surface area is 162 Å². The molecule has 0 aliphatic heterocycles. The molecule has 0 aliphatic rings. The number of nitrogens with one attached hydrogen (secondary N) is 1. The van der Waals surface area contributed by atoms with E-state index in [1.807, 2.05) is 90.6 Å². The number of carbonyl (C=O) groups is 1. The number of hydrazone groups is 1. The lowest BCUT2D eigenvalue weighted by atomic mass is 10.1. The number of hydrogen-bond acceptors (Lipinski definition) is 3. The summed E-state index contributed by atoms with van der Waals surface area (Å²) in [6.07, 6.45) is 5.26. The Morgan fingerprint density at radius 3 is 2.39 bits per heavy atom. The second-order valence-corrected chi connectivity index (χ2v) is 6.28. The minimum atomic E-state index is -0.313. The van der Waals surface area contributed by atoms with E-state index in [2.05, 4.69) is 15.6 Å². The van der Waals surface area contributed by atoms with Gasteiger partial charge in [-0.3, -0.25) is 4.79 Å². The van der Waals surface area contributed by atoms with Crippen molar-refractivity contribution in [1.29, 1.82) is 0 Å². The van der Waals surface area contributed by atoms with Gasteiger partial charge < -0.3 is 4.57 Å². The molecule has 28 heavy (non-hydrogen) atoms. The van der Waals surface area contributed by atoms with Gasteiger partial charge in [-0.2, -0.15) is 10.2 Å². The molecule has 0 radical (unpaired) electrons. The monoisotopic (exact) mass is 369 g/mol. The van der Waals surface area contributed by atoms with Crippen molar-refractivity contribution in [3.05, 3.63) is 96.4 Å². The van der Waals surface area contributed by atoms with Crippen LogP contribution in [-0.2, 0) is 7.05 Å². The Morgan fingerprint density at radius 1 is 1.00 bits per heavy atom. The molecule has 6 nitrogen and oxygen atoms in total. The second-order valence-electron chi connectivity index (χ2n) is 6.28. The van der Waals surface area contributed by atoms with E-state index in [0.717, 1.165) is 16.9 Å². The second kappa shape index (κ2) is 7.75. The first-order valence-electron chi connectivity index (χ1n) is 8.87. The molecule has 0 saturated carbocycles. The van der Waals surface area contributed by atoms with Crippen LogP contribution in [0.1, 0.15) is 16.1 Å². The van der Waals surface area contributed by atoms with Gasteiger partial charge in [0.15, 0.2) is 0 Å². The summed E-state index contributed by atoms with van der Waals surface area (Å²) >= 11 is 0. The molecule has 6 heteroatoms. The molecule has 2 aromatic heterocycles. The topological polar surface area (TPSA) is 64.2 Å². The largest absolute Gasteiger partial charge is 0.350 e. The quantitative estimate of drug-likeness (QED) is 0.431. The van der Waals surface area contributed by atoms with Crippen molar-refractivity contribution in [2.45, 2.75) is 0 Å². The third-order valence-electron chi connectivity index (χ3n) is 4.37. The number of rotatable bonds is 5. The smallest absolute Gasteiger partial charge is 0.275 e. The van der Waals surface area contributed by atoms with Gasteiger partial charge in [0.25, 0.3) is 5.91 Å². The Kier molecular flexibility index (Phi) is 4.84. The molecular weight excluding hydrogens is 350 g/mol. The normalized spacial score (nSPS) is 11.0. The van der Waals surface area contributed by atoms with Gasteiger partial charge >= 0.3 is 0 Å². The molecule has 0 spiro atoms. The predicted octanol–water partition coefficient (Wildman–Crippen LogP) is 3.64. The average molecular weight is 369 g/mol. The molecule has 0 saturated heterocycles. The molecule has 2 aromatic carbocycles. The lowest BCUT2D eigenvalue weighted by Crippen LogP contribution is -2.18. The van der Waals surface area contributed by atoms with E-state index in [0.29, 0.717) is 11.3 Å². The first-order valence-corrected chi connectivity index (χ1v) is 8.87. The van der Waals surface area contributed by atoms with Crippen LogP contribution in [0.15, 0.2) is 90.3 Å². The first-order chi connectivity index (χ1) is 13.7. The Bertz CT molecular complexity index is 1110. The number of carbonyl (C=O) groups excluding carboxylic acids is 1. The third-order valence-corrected chi connectivity index (χ3v) is 4.37. The average Bonchev–Trinajstić information content (AvgIpc) is 3.36. The van der Waals surface area contributed by atoms with Crippen molar-refractivity contribution < 1.29 is 4.79 Å². The molecule has 1 N–H and O–H groups in total. The SMILES string of the molecule is Cn1cccc1/C=N/NC(=O)c1cn(-c2ccccc2)nc1-c1ccccc1. The van der Waals surface area contributed by atoms with Gasteiger partial charge in [-0.15, -0.1) is 0 Å². The zero-order chi connectivity index (χ0) is 19.3. The summed E-state index contributed by atoms with van der Waals surface area (Å²) in [5.74, 6) is -0.313. The van der Waals surface area contributed by atoms with Crippen LogP contribution in [0.25, 0.3) is 16.9 Å². The van der Waals surface area contributed by atoms with Gasteiger partial charge in [0.1, 0.15) is 5.69 Å². The summed E-state index contributed by atoms with van der Waals surface area (Å²) in [5.41, 5.74) is 6.31. The molecule has 138 valence electrons. The molecular formula is C22H19N5O. The number of benzene rings is 2. The van der Waals surface area contributed by atoms with E-state index in [1.165, 1.54) is 0 Å². The number of nitrogens with zero attached hydrogens (tertiary/aromatic N) is 4. The van der Waals surface area contributed by atoms with Gasteiger partial charge in [0.05, 0.1) is 23.2 Å². The van der Waals surface area contributed by atoms with Gasteiger partial charge in [0.2, 0.25) is 0 Å². The van der Waals surface area contributed by atoms with Crippen LogP contribution < -0.4 is 5.43 Å². The number of para-hydroxylation sites is 1. The number of hydrogen-bond donors (Lipinski definition) is 1. The maximum absolute atomic E-state index is 12.8. The highest BCUT2D eigenvalue weighted by atomic mass is 16.2. The minimum absolute atomic E-state index is 0.313. The lowest BCUT2D eigenvalue weighted by molar-refractivity contribution is 0.0955. The zero-order valence-electron chi connectivity index (χ0n) is 15.4. The molecule has 0 unspecified atom stereocenters. The van der Waals surface area contributed by atoms with Gasteiger partial charge in [0, 0.05) is 25.0 Å². The van der Waals surface area contributed by atoms with Gasteiger partial charge in [-0.1, -0.05) is 48.5 Å². The minimum Gasteiger partial charge on any atom is -0.350 e.